The van der Waals surface area contributed by atoms with E-state index in [1.54, 1.807) is 12.1 Å². The highest BCUT2D eigenvalue weighted by molar-refractivity contribution is 5.97. The monoisotopic (exact) mass is 401 g/mol. The molecule has 29 heavy (non-hydrogen) atoms. The lowest BCUT2D eigenvalue weighted by Crippen LogP contribution is -2.27. The Kier molecular flexibility index (Phi) is 9.31. The number of carbonyl (C=O) groups excluding carboxylic acids is 1. The van der Waals surface area contributed by atoms with Crippen LogP contribution in [0.4, 0.5) is 0 Å². The zero-order valence-corrected chi connectivity index (χ0v) is 17.7. The lowest BCUT2D eigenvalue weighted by Gasteiger charge is -2.18. The molecule has 1 amide bonds. The average Bonchev–Trinajstić information content (AvgIpc) is 2.73. The van der Waals surface area contributed by atoms with E-state index < -0.39 is 0 Å². The summed E-state index contributed by atoms with van der Waals surface area (Å²) >= 11 is 0. The van der Waals surface area contributed by atoms with Crippen LogP contribution in [0.15, 0.2) is 42.5 Å². The molecule has 1 atom stereocenters. The summed E-state index contributed by atoms with van der Waals surface area (Å²) in [5.41, 5.74) is 1.42. The van der Waals surface area contributed by atoms with Gasteiger partial charge in [0, 0.05) is 6.61 Å². The van der Waals surface area contributed by atoms with Gasteiger partial charge in [-0.05, 0) is 57.5 Å². The highest BCUT2D eigenvalue weighted by atomic mass is 16.5. The summed E-state index contributed by atoms with van der Waals surface area (Å²) in [6, 6.07) is 12.7. The maximum absolute atomic E-state index is 12.8. The number of para-hydroxylation sites is 1. The molecule has 0 aliphatic carbocycles. The summed E-state index contributed by atoms with van der Waals surface area (Å²) < 4.78 is 22.3. The zero-order chi connectivity index (χ0) is 21.1. The van der Waals surface area contributed by atoms with E-state index >= 15 is 0 Å². The molecule has 6 nitrogen and oxygen atoms in total. The van der Waals surface area contributed by atoms with Gasteiger partial charge in [0.2, 0.25) is 0 Å². The predicted octanol–water partition coefficient (Wildman–Crippen LogP) is 4.39. The lowest BCUT2D eigenvalue weighted by molar-refractivity contribution is 0.0923. The third-order valence-electron chi connectivity index (χ3n) is 4.24. The van der Waals surface area contributed by atoms with Crippen molar-refractivity contribution in [3.8, 4) is 17.2 Å². The van der Waals surface area contributed by atoms with Crippen molar-refractivity contribution in [2.24, 2.45) is 0 Å². The van der Waals surface area contributed by atoms with Gasteiger partial charge < -0.3 is 24.3 Å². The number of hydrogen-bond acceptors (Lipinski definition) is 5. The van der Waals surface area contributed by atoms with Crippen molar-refractivity contribution in [3.05, 3.63) is 53.6 Å². The number of hydrogen-bond donors (Lipinski definition) is 1. The second-order valence-corrected chi connectivity index (χ2v) is 6.31. The fraction of sp³-hybridized carbons (Fsp3) is 0.435. The lowest BCUT2D eigenvalue weighted by atomic mass is 10.1. The van der Waals surface area contributed by atoms with E-state index in [0.29, 0.717) is 55.8 Å². The van der Waals surface area contributed by atoms with Crippen LogP contribution in [0.25, 0.3) is 0 Å². The zero-order valence-electron chi connectivity index (χ0n) is 17.7. The van der Waals surface area contributed by atoms with Gasteiger partial charge in [-0.25, -0.2) is 0 Å². The maximum Gasteiger partial charge on any atom is 0.255 e. The maximum atomic E-state index is 12.8. The number of carbonyl (C=O) groups is 1. The molecule has 0 saturated carbocycles. The van der Waals surface area contributed by atoms with E-state index in [1.807, 2.05) is 58.0 Å². The molecule has 6 heteroatoms. The van der Waals surface area contributed by atoms with Gasteiger partial charge in [0.25, 0.3) is 5.91 Å². The first-order valence-corrected chi connectivity index (χ1v) is 10.1. The van der Waals surface area contributed by atoms with Gasteiger partial charge in [0.1, 0.15) is 12.4 Å². The van der Waals surface area contributed by atoms with Gasteiger partial charge in [0.05, 0.1) is 31.4 Å². The van der Waals surface area contributed by atoms with Crippen molar-refractivity contribution in [2.75, 3.05) is 33.0 Å². The summed E-state index contributed by atoms with van der Waals surface area (Å²) in [5.74, 6) is 1.72. The quantitative estimate of drug-likeness (QED) is 0.534. The highest BCUT2D eigenvalue weighted by Crippen LogP contribution is 2.31. The molecule has 0 aromatic heterocycles. The second-order valence-electron chi connectivity index (χ2n) is 6.31. The van der Waals surface area contributed by atoms with Crippen molar-refractivity contribution in [1.29, 1.82) is 0 Å². The van der Waals surface area contributed by atoms with E-state index in [0.717, 1.165) is 5.56 Å². The van der Waals surface area contributed by atoms with Crippen LogP contribution in [-0.4, -0.2) is 38.9 Å². The second kappa shape index (κ2) is 12.0. The van der Waals surface area contributed by atoms with Crippen molar-refractivity contribution in [2.45, 2.75) is 33.7 Å². The molecule has 0 fully saturated rings. The Hall–Kier alpha value is -2.73. The van der Waals surface area contributed by atoms with Crippen LogP contribution < -0.4 is 19.5 Å². The van der Waals surface area contributed by atoms with Crippen molar-refractivity contribution in [1.82, 2.24) is 5.32 Å². The first-order valence-electron chi connectivity index (χ1n) is 10.1. The molecule has 2 aromatic rings. The predicted molar refractivity (Wildman–Crippen MR) is 113 cm³/mol. The summed E-state index contributed by atoms with van der Waals surface area (Å²) in [4.78, 5) is 12.8. The number of nitrogens with one attached hydrogen (secondary N) is 1. The van der Waals surface area contributed by atoms with Gasteiger partial charge in [0.15, 0.2) is 11.5 Å². The van der Waals surface area contributed by atoms with Crippen molar-refractivity contribution >= 4 is 5.91 Å². The van der Waals surface area contributed by atoms with Crippen LogP contribution in [0.1, 0.15) is 49.7 Å². The molecular weight excluding hydrogens is 370 g/mol. The fourth-order valence-electron chi connectivity index (χ4n) is 2.83. The van der Waals surface area contributed by atoms with Gasteiger partial charge in [-0.3, -0.25) is 4.79 Å². The minimum absolute atomic E-state index is 0.198. The molecule has 1 unspecified atom stereocenters. The number of amides is 1. The molecular formula is C23H31NO5. The molecule has 2 aromatic carbocycles. The molecule has 0 saturated heterocycles. The smallest absolute Gasteiger partial charge is 0.255 e. The van der Waals surface area contributed by atoms with E-state index in [-0.39, 0.29) is 11.9 Å². The normalized spacial score (nSPS) is 11.6. The highest BCUT2D eigenvalue weighted by Gasteiger charge is 2.17. The van der Waals surface area contributed by atoms with E-state index in [9.17, 15) is 4.79 Å². The first kappa shape index (κ1) is 22.6. The topological polar surface area (TPSA) is 66.0 Å². The molecule has 0 radical (unpaired) electrons. The van der Waals surface area contributed by atoms with Gasteiger partial charge >= 0.3 is 0 Å². The Balaban J connectivity index is 2.10. The van der Waals surface area contributed by atoms with Crippen molar-refractivity contribution < 1.29 is 23.7 Å². The summed E-state index contributed by atoms with van der Waals surface area (Å²) in [7, 11) is 0. The Morgan fingerprint density at radius 3 is 2.31 bits per heavy atom. The SMILES string of the molecule is CCOCCOc1ccccc1C(=O)NC(C)c1ccc(OCC)c(OCC)c1. The Labute approximate surface area is 173 Å². The van der Waals surface area contributed by atoms with Crippen LogP contribution in [-0.2, 0) is 4.74 Å². The first-order chi connectivity index (χ1) is 14.1. The molecule has 0 aliphatic rings. The van der Waals surface area contributed by atoms with Gasteiger partial charge in [-0.1, -0.05) is 18.2 Å². The standard InChI is InChI=1S/C23H31NO5/c1-5-26-14-15-29-20-11-9-8-10-19(20)23(25)24-17(4)18-12-13-21(27-6-2)22(16-18)28-7-3/h8-13,16-17H,5-7,14-15H2,1-4H3,(H,24,25). The Bertz CT molecular complexity index is 778. The molecule has 1 N–H and O–H groups in total. The summed E-state index contributed by atoms with van der Waals surface area (Å²) in [5, 5.41) is 3.03. The summed E-state index contributed by atoms with van der Waals surface area (Å²) in [6.45, 7) is 10.3. The van der Waals surface area contributed by atoms with Crippen LogP contribution in [0.5, 0.6) is 17.2 Å². The molecule has 2 rings (SSSR count). The molecule has 0 heterocycles. The van der Waals surface area contributed by atoms with Gasteiger partial charge in [-0.15, -0.1) is 0 Å². The van der Waals surface area contributed by atoms with E-state index in [4.69, 9.17) is 18.9 Å². The van der Waals surface area contributed by atoms with E-state index in [2.05, 4.69) is 5.32 Å². The number of benzene rings is 2. The number of ether oxygens (including phenoxy) is 4. The third-order valence-corrected chi connectivity index (χ3v) is 4.24. The minimum Gasteiger partial charge on any atom is -0.490 e. The van der Waals surface area contributed by atoms with Crippen LogP contribution >= 0.6 is 0 Å². The Morgan fingerprint density at radius 2 is 1.59 bits per heavy atom. The largest absolute Gasteiger partial charge is 0.490 e. The Morgan fingerprint density at radius 1 is 0.862 bits per heavy atom. The molecule has 158 valence electrons. The number of rotatable bonds is 12. The van der Waals surface area contributed by atoms with Crippen molar-refractivity contribution in [3.63, 3.8) is 0 Å². The van der Waals surface area contributed by atoms with E-state index in [1.165, 1.54) is 0 Å². The van der Waals surface area contributed by atoms with Crippen LogP contribution in [0.3, 0.4) is 0 Å². The van der Waals surface area contributed by atoms with Crippen LogP contribution in [0.2, 0.25) is 0 Å². The molecule has 0 spiro atoms. The minimum atomic E-state index is -0.214. The third kappa shape index (κ3) is 6.68. The molecule has 0 aliphatic heterocycles. The summed E-state index contributed by atoms with van der Waals surface area (Å²) in [6.07, 6.45) is 0. The van der Waals surface area contributed by atoms with Gasteiger partial charge in [-0.2, -0.15) is 0 Å². The average molecular weight is 402 g/mol. The molecule has 0 bridgehead atoms. The fourth-order valence-corrected chi connectivity index (χ4v) is 2.83. The van der Waals surface area contributed by atoms with Crippen LogP contribution in [0, 0.1) is 0 Å².